The summed E-state index contributed by atoms with van der Waals surface area (Å²) in [6, 6.07) is 11.7. The minimum absolute atomic E-state index is 0.226. The zero-order valence-corrected chi connectivity index (χ0v) is 12.5. The van der Waals surface area contributed by atoms with E-state index in [1.165, 1.54) is 0 Å². The van der Waals surface area contributed by atoms with Gasteiger partial charge in [-0.1, -0.05) is 37.3 Å². The van der Waals surface area contributed by atoms with Crippen LogP contribution >= 0.6 is 0 Å². The zero-order valence-electron chi connectivity index (χ0n) is 12.5. The molecule has 1 aromatic carbocycles. The van der Waals surface area contributed by atoms with E-state index in [9.17, 15) is 4.79 Å². The Hall–Kier alpha value is -1.86. The van der Waals surface area contributed by atoms with Gasteiger partial charge in [0.2, 0.25) is 5.91 Å². The summed E-state index contributed by atoms with van der Waals surface area (Å²) in [7, 11) is 2.04. The molecule has 2 unspecified atom stereocenters. The molecule has 1 N–H and O–H groups in total. The monoisotopic (exact) mass is 273 g/mol. The second kappa shape index (κ2) is 8.34. The smallest absolute Gasteiger partial charge is 0.241 e. The average molecular weight is 273 g/mol. The molecule has 0 spiro atoms. The van der Waals surface area contributed by atoms with Gasteiger partial charge in [0, 0.05) is 19.1 Å². The van der Waals surface area contributed by atoms with Crippen LogP contribution in [-0.4, -0.2) is 37.0 Å². The minimum atomic E-state index is -0.731. The second-order valence-corrected chi connectivity index (χ2v) is 5.00. The highest BCUT2D eigenvalue weighted by molar-refractivity contribution is 5.86. The lowest BCUT2D eigenvalue weighted by Gasteiger charge is -2.23. The second-order valence-electron chi connectivity index (χ2n) is 5.00. The maximum Gasteiger partial charge on any atom is 0.241 e. The van der Waals surface area contributed by atoms with Crippen LogP contribution in [0.25, 0.3) is 0 Å². The number of carbonyl (C=O) groups is 1. The molecule has 1 aromatic rings. The predicted octanol–water partition coefficient (Wildman–Crippen LogP) is 2.14. The Morgan fingerprint density at radius 2 is 2.05 bits per heavy atom. The largest absolute Gasteiger partial charge is 0.353 e. The Bertz CT molecular complexity index is 453. The Kier molecular flexibility index (Phi) is 6.75. The fourth-order valence-corrected chi connectivity index (χ4v) is 1.92. The lowest BCUT2D eigenvalue weighted by atomic mass is 10.00. The third-order valence-corrected chi connectivity index (χ3v) is 3.63. The van der Waals surface area contributed by atoms with Gasteiger partial charge in [0.1, 0.15) is 5.92 Å². The highest BCUT2D eigenvalue weighted by atomic mass is 16.1. The quantitative estimate of drug-likeness (QED) is 0.828. The fraction of sp³-hybridized carbons (Fsp3) is 0.500. The first-order valence-electron chi connectivity index (χ1n) is 7.02. The molecule has 1 amide bonds. The molecule has 1 rings (SSSR count). The zero-order chi connectivity index (χ0) is 15.0. The Balaban J connectivity index is 2.48. The van der Waals surface area contributed by atoms with E-state index in [0.717, 1.165) is 18.5 Å². The van der Waals surface area contributed by atoms with Crippen LogP contribution in [0.5, 0.6) is 0 Å². The Morgan fingerprint density at radius 1 is 1.40 bits per heavy atom. The number of carbonyl (C=O) groups excluding carboxylic acids is 1. The molecule has 0 heterocycles. The fourth-order valence-electron chi connectivity index (χ4n) is 1.92. The third kappa shape index (κ3) is 4.67. The number of nitrogens with one attached hydrogen (secondary N) is 1. The number of benzene rings is 1. The molecule has 0 aliphatic heterocycles. The SMILES string of the molecule is CCC(C)N(C)CCNC(=O)C(C#N)c1ccccc1. The van der Waals surface area contributed by atoms with Gasteiger partial charge in [0.25, 0.3) is 0 Å². The summed E-state index contributed by atoms with van der Waals surface area (Å²) in [5.74, 6) is -0.957. The van der Waals surface area contributed by atoms with Gasteiger partial charge in [-0.25, -0.2) is 0 Å². The summed E-state index contributed by atoms with van der Waals surface area (Å²) >= 11 is 0. The van der Waals surface area contributed by atoms with Crippen molar-refractivity contribution in [1.82, 2.24) is 10.2 Å². The molecule has 0 aliphatic rings. The molecule has 20 heavy (non-hydrogen) atoms. The average Bonchev–Trinajstić information content (AvgIpc) is 2.48. The van der Waals surface area contributed by atoms with Crippen molar-refractivity contribution in [2.24, 2.45) is 0 Å². The first kappa shape index (κ1) is 16.2. The van der Waals surface area contributed by atoms with E-state index < -0.39 is 5.92 Å². The number of nitriles is 1. The number of amides is 1. The van der Waals surface area contributed by atoms with Crippen molar-refractivity contribution in [3.05, 3.63) is 35.9 Å². The van der Waals surface area contributed by atoms with Crippen molar-refractivity contribution < 1.29 is 4.79 Å². The lowest BCUT2D eigenvalue weighted by molar-refractivity contribution is -0.121. The summed E-state index contributed by atoms with van der Waals surface area (Å²) in [5, 5.41) is 12.0. The van der Waals surface area contributed by atoms with E-state index in [-0.39, 0.29) is 5.91 Å². The summed E-state index contributed by atoms with van der Waals surface area (Å²) in [4.78, 5) is 14.2. The summed E-state index contributed by atoms with van der Waals surface area (Å²) in [5.41, 5.74) is 0.739. The van der Waals surface area contributed by atoms with Gasteiger partial charge in [-0.3, -0.25) is 4.79 Å². The third-order valence-electron chi connectivity index (χ3n) is 3.63. The first-order valence-corrected chi connectivity index (χ1v) is 7.02. The molecular weight excluding hydrogens is 250 g/mol. The number of nitrogens with zero attached hydrogens (tertiary/aromatic N) is 2. The molecule has 0 fully saturated rings. The minimum Gasteiger partial charge on any atom is -0.353 e. The number of hydrogen-bond acceptors (Lipinski definition) is 3. The number of hydrogen-bond donors (Lipinski definition) is 1. The van der Waals surface area contributed by atoms with E-state index in [0.29, 0.717) is 12.6 Å². The van der Waals surface area contributed by atoms with Crippen LogP contribution in [0.3, 0.4) is 0 Å². The van der Waals surface area contributed by atoms with Crippen molar-refractivity contribution >= 4 is 5.91 Å². The van der Waals surface area contributed by atoms with E-state index in [1.54, 1.807) is 12.1 Å². The number of likely N-dealkylation sites (N-methyl/N-ethyl adjacent to an activating group) is 1. The maximum atomic E-state index is 12.0. The van der Waals surface area contributed by atoms with Gasteiger partial charge in [0.05, 0.1) is 6.07 Å². The van der Waals surface area contributed by atoms with Gasteiger partial charge in [-0.15, -0.1) is 0 Å². The topological polar surface area (TPSA) is 56.1 Å². The van der Waals surface area contributed by atoms with Crippen LogP contribution in [0.1, 0.15) is 31.7 Å². The van der Waals surface area contributed by atoms with Crippen molar-refractivity contribution in [2.45, 2.75) is 32.2 Å². The maximum absolute atomic E-state index is 12.0. The molecule has 4 nitrogen and oxygen atoms in total. The Labute approximate surface area is 121 Å². The van der Waals surface area contributed by atoms with Crippen molar-refractivity contribution in [3.8, 4) is 6.07 Å². The van der Waals surface area contributed by atoms with Crippen LogP contribution in [0.15, 0.2) is 30.3 Å². The number of rotatable bonds is 7. The molecule has 0 aromatic heterocycles. The molecule has 4 heteroatoms. The standard InChI is InChI=1S/C16H23N3O/c1-4-13(2)19(3)11-10-18-16(20)15(12-17)14-8-6-5-7-9-14/h5-9,13,15H,4,10-11H2,1-3H3,(H,18,20). The molecule has 0 radical (unpaired) electrons. The van der Waals surface area contributed by atoms with Crippen molar-refractivity contribution in [1.29, 1.82) is 5.26 Å². The summed E-state index contributed by atoms with van der Waals surface area (Å²) < 4.78 is 0. The summed E-state index contributed by atoms with van der Waals surface area (Å²) in [6.07, 6.45) is 1.08. The molecule has 2 atom stereocenters. The normalized spacial score (nSPS) is 13.6. The van der Waals surface area contributed by atoms with Crippen LogP contribution in [0.4, 0.5) is 0 Å². The Morgan fingerprint density at radius 3 is 2.60 bits per heavy atom. The van der Waals surface area contributed by atoms with E-state index >= 15 is 0 Å². The highest BCUT2D eigenvalue weighted by Gasteiger charge is 2.19. The molecule has 0 saturated heterocycles. The molecule has 108 valence electrons. The highest BCUT2D eigenvalue weighted by Crippen LogP contribution is 2.14. The van der Waals surface area contributed by atoms with Crippen LogP contribution in [-0.2, 0) is 4.79 Å². The van der Waals surface area contributed by atoms with Crippen LogP contribution in [0, 0.1) is 11.3 Å². The van der Waals surface area contributed by atoms with Crippen molar-refractivity contribution in [3.63, 3.8) is 0 Å². The predicted molar refractivity (Wildman–Crippen MR) is 80.2 cm³/mol. The van der Waals surface area contributed by atoms with E-state index in [1.807, 2.05) is 25.2 Å². The van der Waals surface area contributed by atoms with Crippen molar-refractivity contribution in [2.75, 3.05) is 20.1 Å². The van der Waals surface area contributed by atoms with Gasteiger partial charge < -0.3 is 10.2 Å². The van der Waals surface area contributed by atoms with Crippen LogP contribution in [0.2, 0.25) is 0 Å². The first-order chi connectivity index (χ1) is 9.60. The van der Waals surface area contributed by atoms with Gasteiger partial charge >= 0.3 is 0 Å². The van der Waals surface area contributed by atoms with Gasteiger partial charge in [-0.2, -0.15) is 5.26 Å². The molecule has 0 bridgehead atoms. The molecule has 0 aliphatic carbocycles. The molecule has 0 saturated carbocycles. The van der Waals surface area contributed by atoms with Gasteiger partial charge in [-0.05, 0) is 26.0 Å². The van der Waals surface area contributed by atoms with E-state index in [2.05, 4.69) is 30.1 Å². The summed E-state index contributed by atoms with van der Waals surface area (Å²) in [6.45, 7) is 5.64. The van der Waals surface area contributed by atoms with E-state index in [4.69, 9.17) is 5.26 Å². The lowest BCUT2D eigenvalue weighted by Crippen LogP contribution is -2.38. The van der Waals surface area contributed by atoms with Gasteiger partial charge in [0.15, 0.2) is 0 Å². The van der Waals surface area contributed by atoms with Crippen LogP contribution < -0.4 is 5.32 Å². The molecular formula is C16H23N3O.